The van der Waals surface area contributed by atoms with Gasteiger partial charge in [0.25, 0.3) is 5.24 Å². The molecule has 2 fully saturated rings. The molecule has 1 aromatic carbocycles. The number of thioether (sulfide) groups is 1. The highest BCUT2D eigenvalue weighted by Gasteiger charge is 2.42. The smallest absolute Gasteiger partial charge is 0.325 e. The summed E-state index contributed by atoms with van der Waals surface area (Å²) in [6, 6.07) is 6.55. The Bertz CT molecular complexity index is 769. The molecule has 4 N–H and O–H groups in total. The first-order valence-electron chi connectivity index (χ1n) is 10.7. The van der Waals surface area contributed by atoms with Crippen LogP contribution < -0.4 is 11.1 Å². The molecule has 3 amide bonds. The Morgan fingerprint density at radius 2 is 1.77 bits per heavy atom. The molecular formula is C22H32ClN3O4S. The Labute approximate surface area is 193 Å². The van der Waals surface area contributed by atoms with Crippen LogP contribution in [0.3, 0.4) is 0 Å². The highest BCUT2D eigenvalue weighted by molar-refractivity contribution is 8.14. The zero-order chi connectivity index (χ0) is 23.1. The molecule has 1 saturated heterocycles. The SMILES string of the molecule is CC(C)[C@H](N)C(=O)O.C[C@H]1[C@H](c2ccc(Cl)cc2)SC(=O)N1C(=O)NC1CCCCC1. The van der Waals surface area contributed by atoms with E-state index in [2.05, 4.69) is 5.32 Å². The Hall–Kier alpha value is -1.77. The van der Waals surface area contributed by atoms with E-state index in [0.717, 1.165) is 31.2 Å². The van der Waals surface area contributed by atoms with Gasteiger partial charge >= 0.3 is 12.0 Å². The number of carbonyl (C=O) groups is 3. The van der Waals surface area contributed by atoms with Crippen molar-refractivity contribution in [3.63, 3.8) is 0 Å². The number of hydrogen-bond acceptors (Lipinski definition) is 5. The monoisotopic (exact) mass is 469 g/mol. The predicted octanol–water partition coefficient (Wildman–Crippen LogP) is 5.04. The number of nitrogens with zero attached hydrogens (tertiary/aromatic N) is 1. The first kappa shape index (κ1) is 25.5. The molecule has 3 atom stereocenters. The van der Waals surface area contributed by atoms with E-state index < -0.39 is 12.0 Å². The second-order valence-corrected chi connectivity index (χ2v) is 9.89. The topological polar surface area (TPSA) is 113 Å². The van der Waals surface area contributed by atoms with Gasteiger partial charge in [0.2, 0.25) is 0 Å². The van der Waals surface area contributed by atoms with Gasteiger partial charge < -0.3 is 16.2 Å². The number of rotatable bonds is 4. The molecule has 3 rings (SSSR count). The van der Waals surface area contributed by atoms with Gasteiger partial charge in [0.05, 0.1) is 11.3 Å². The Morgan fingerprint density at radius 3 is 2.26 bits per heavy atom. The highest BCUT2D eigenvalue weighted by atomic mass is 35.5. The number of amides is 3. The third-order valence-corrected chi connectivity index (χ3v) is 7.19. The Kier molecular flexibility index (Phi) is 9.65. The molecule has 0 spiro atoms. The van der Waals surface area contributed by atoms with E-state index in [-0.39, 0.29) is 34.5 Å². The summed E-state index contributed by atoms with van der Waals surface area (Å²) in [6.07, 6.45) is 5.55. The number of urea groups is 1. The van der Waals surface area contributed by atoms with Gasteiger partial charge in [-0.2, -0.15) is 0 Å². The molecule has 1 aliphatic carbocycles. The Morgan fingerprint density at radius 1 is 1.19 bits per heavy atom. The second kappa shape index (κ2) is 11.7. The maximum absolute atomic E-state index is 12.5. The summed E-state index contributed by atoms with van der Waals surface area (Å²) in [5.74, 6) is -0.910. The van der Waals surface area contributed by atoms with Crippen molar-refractivity contribution < 1.29 is 19.5 Å². The minimum Gasteiger partial charge on any atom is -0.480 e. The van der Waals surface area contributed by atoms with E-state index in [1.165, 1.54) is 23.1 Å². The van der Waals surface area contributed by atoms with Gasteiger partial charge in [0, 0.05) is 11.1 Å². The fourth-order valence-corrected chi connectivity index (χ4v) is 4.93. The predicted molar refractivity (Wildman–Crippen MR) is 124 cm³/mol. The molecule has 172 valence electrons. The number of imide groups is 1. The van der Waals surface area contributed by atoms with Crippen LogP contribution in [0.25, 0.3) is 0 Å². The van der Waals surface area contributed by atoms with Crippen LogP contribution in [0.1, 0.15) is 63.7 Å². The molecule has 9 heteroatoms. The first-order valence-corrected chi connectivity index (χ1v) is 11.9. The standard InChI is InChI=1S/C17H21ClN2O2S.C5H11NO2/c1-11-15(12-7-9-13(18)10-8-12)23-17(22)20(11)16(21)19-14-5-3-2-4-6-14;1-3(2)4(6)5(7)8/h7-11,14-15H,2-6H2,1H3,(H,19,21);3-4H,6H2,1-2H3,(H,7,8)/t11-,15+;4-/m00/s1. The molecule has 0 aromatic heterocycles. The molecule has 31 heavy (non-hydrogen) atoms. The quantitative estimate of drug-likeness (QED) is 0.569. The van der Waals surface area contributed by atoms with Crippen LogP contribution >= 0.6 is 23.4 Å². The fraction of sp³-hybridized carbons (Fsp3) is 0.591. The summed E-state index contributed by atoms with van der Waals surface area (Å²) in [7, 11) is 0. The highest BCUT2D eigenvalue weighted by Crippen LogP contribution is 2.43. The largest absolute Gasteiger partial charge is 0.480 e. The average molecular weight is 470 g/mol. The van der Waals surface area contributed by atoms with Crippen LogP contribution in [0.15, 0.2) is 24.3 Å². The second-order valence-electron chi connectivity index (χ2n) is 8.36. The van der Waals surface area contributed by atoms with Gasteiger partial charge in [0.1, 0.15) is 6.04 Å². The third-order valence-electron chi connectivity index (χ3n) is 5.62. The van der Waals surface area contributed by atoms with E-state index in [4.69, 9.17) is 22.4 Å². The Balaban J connectivity index is 0.000000366. The van der Waals surface area contributed by atoms with Crippen LogP contribution in [-0.4, -0.2) is 45.4 Å². The van der Waals surface area contributed by atoms with Crippen LogP contribution in [0.2, 0.25) is 5.02 Å². The number of carboxylic acids is 1. The molecule has 1 heterocycles. The van der Waals surface area contributed by atoms with Crippen molar-refractivity contribution in [1.29, 1.82) is 0 Å². The summed E-state index contributed by atoms with van der Waals surface area (Å²) in [5, 5.41) is 11.7. The molecule has 0 radical (unpaired) electrons. The van der Waals surface area contributed by atoms with E-state index in [9.17, 15) is 14.4 Å². The molecule has 2 aliphatic rings. The van der Waals surface area contributed by atoms with Gasteiger partial charge in [-0.1, -0.05) is 68.6 Å². The summed E-state index contributed by atoms with van der Waals surface area (Å²) in [4.78, 5) is 36.2. The number of halogens is 1. The van der Waals surface area contributed by atoms with Crippen LogP contribution in [0, 0.1) is 5.92 Å². The van der Waals surface area contributed by atoms with Crippen LogP contribution in [0.4, 0.5) is 9.59 Å². The number of hydrogen-bond donors (Lipinski definition) is 3. The number of carbonyl (C=O) groups excluding carboxylic acids is 2. The van der Waals surface area contributed by atoms with Crippen molar-refractivity contribution >= 4 is 40.6 Å². The molecule has 1 saturated carbocycles. The minimum atomic E-state index is -0.931. The van der Waals surface area contributed by atoms with Gasteiger partial charge in [-0.3, -0.25) is 14.5 Å². The molecule has 1 aromatic rings. The lowest BCUT2D eigenvalue weighted by atomic mass is 9.96. The number of nitrogens with one attached hydrogen (secondary N) is 1. The van der Waals surface area contributed by atoms with Crippen molar-refractivity contribution in [2.24, 2.45) is 11.7 Å². The van der Waals surface area contributed by atoms with E-state index in [0.29, 0.717) is 5.02 Å². The lowest BCUT2D eigenvalue weighted by Crippen LogP contribution is -2.48. The molecule has 1 aliphatic heterocycles. The zero-order valence-corrected chi connectivity index (χ0v) is 19.8. The van der Waals surface area contributed by atoms with E-state index in [1.807, 2.05) is 31.2 Å². The summed E-state index contributed by atoms with van der Waals surface area (Å²) < 4.78 is 0. The molecule has 7 nitrogen and oxygen atoms in total. The zero-order valence-electron chi connectivity index (χ0n) is 18.2. The summed E-state index contributed by atoms with van der Waals surface area (Å²) in [5.41, 5.74) is 6.18. The average Bonchev–Trinajstić information content (AvgIpc) is 3.03. The number of aliphatic carboxylic acids is 1. The molecular weight excluding hydrogens is 438 g/mol. The van der Waals surface area contributed by atoms with E-state index >= 15 is 0 Å². The van der Waals surface area contributed by atoms with Crippen molar-refractivity contribution in [2.75, 3.05) is 0 Å². The van der Waals surface area contributed by atoms with Crippen molar-refractivity contribution in [2.45, 2.75) is 76.3 Å². The normalized spacial score (nSPS) is 22.6. The van der Waals surface area contributed by atoms with E-state index in [1.54, 1.807) is 13.8 Å². The van der Waals surface area contributed by atoms with Crippen molar-refractivity contribution in [3.8, 4) is 0 Å². The summed E-state index contributed by atoms with van der Waals surface area (Å²) >= 11 is 7.14. The molecule has 0 bridgehead atoms. The minimum absolute atomic E-state index is 0.0208. The van der Waals surface area contributed by atoms with Gasteiger partial charge in [-0.15, -0.1) is 0 Å². The van der Waals surface area contributed by atoms with Crippen molar-refractivity contribution in [3.05, 3.63) is 34.9 Å². The number of benzene rings is 1. The van der Waals surface area contributed by atoms with Crippen molar-refractivity contribution in [1.82, 2.24) is 10.2 Å². The lowest BCUT2D eigenvalue weighted by molar-refractivity contribution is -0.139. The van der Waals surface area contributed by atoms with Gasteiger partial charge in [0.15, 0.2) is 0 Å². The number of nitrogens with two attached hydrogens (primary N) is 1. The first-order chi connectivity index (χ1) is 14.6. The van der Waals surface area contributed by atoms with Gasteiger partial charge in [-0.05, 0) is 43.4 Å². The summed E-state index contributed by atoms with van der Waals surface area (Å²) in [6.45, 7) is 5.48. The number of carboxylic acid groups (broad SMARTS) is 1. The lowest BCUT2D eigenvalue weighted by Gasteiger charge is -2.27. The van der Waals surface area contributed by atoms with Gasteiger partial charge in [-0.25, -0.2) is 4.79 Å². The maximum Gasteiger partial charge on any atom is 0.325 e. The molecule has 0 unspecified atom stereocenters. The fourth-order valence-electron chi connectivity index (χ4n) is 3.61. The maximum atomic E-state index is 12.5. The van der Waals surface area contributed by atoms with Crippen LogP contribution in [-0.2, 0) is 4.79 Å². The van der Waals surface area contributed by atoms with Crippen LogP contribution in [0.5, 0.6) is 0 Å². The third kappa shape index (κ3) is 7.12.